The molecule has 0 saturated heterocycles. The summed E-state index contributed by atoms with van der Waals surface area (Å²) in [6.07, 6.45) is 1.03. The fourth-order valence-corrected chi connectivity index (χ4v) is 1.96. The highest BCUT2D eigenvalue weighted by molar-refractivity contribution is 9.08. The number of hydrogen-bond acceptors (Lipinski definition) is 2. The van der Waals surface area contributed by atoms with Crippen molar-refractivity contribution in [1.82, 2.24) is 0 Å². The standard InChI is InChI=1S/C12H16BrClO2/c1-2-6-15-7-8-16-12-10(9-13)4-3-5-11(12)14/h3-5H,2,6-9H2,1H3. The number of hydrogen-bond donors (Lipinski definition) is 0. The minimum atomic E-state index is 0.531. The van der Waals surface area contributed by atoms with E-state index >= 15 is 0 Å². The van der Waals surface area contributed by atoms with Crippen LogP contribution < -0.4 is 4.74 Å². The van der Waals surface area contributed by atoms with Gasteiger partial charge in [-0.2, -0.15) is 0 Å². The monoisotopic (exact) mass is 306 g/mol. The van der Waals surface area contributed by atoms with Crippen LogP contribution in [0.25, 0.3) is 0 Å². The maximum atomic E-state index is 6.06. The molecule has 0 N–H and O–H groups in total. The van der Waals surface area contributed by atoms with Crippen LogP contribution in [-0.2, 0) is 10.1 Å². The van der Waals surface area contributed by atoms with E-state index in [1.165, 1.54) is 0 Å². The summed E-state index contributed by atoms with van der Waals surface area (Å²) in [5.74, 6) is 0.751. The van der Waals surface area contributed by atoms with Crippen LogP contribution in [0.15, 0.2) is 18.2 Å². The average molecular weight is 308 g/mol. The first kappa shape index (κ1) is 13.8. The smallest absolute Gasteiger partial charge is 0.142 e. The van der Waals surface area contributed by atoms with Crippen LogP contribution in [-0.4, -0.2) is 19.8 Å². The second kappa shape index (κ2) is 7.93. The van der Waals surface area contributed by atoms with Gasteiger partial charge in [-0.25, -0.2) is 0 Å². The van der Waals surface area contributed by atoms with Crippen molar-refractivity contribution in [2.45, 2.75) is 18.7 Å². The van der Waals surface area contributed by atoms with E-state index in [1.54, 1.807) is 0 Å². The molecule has 1 rings (SSSR count). The molecule has 0 bridgehead atoms. The molecule has 0 atom stereocenters. The highest BCUT2D eigenvalue weighted by Gasteiger charge is 2.06. The quantitative estimate of drug-likeness (QED) is 0.559. The molecule has 4 heteroatoms. The SMILES string of the molecule is CCCOCCOc1c(Cl)cccc1CBr. The van der Waals surface area contributed by atoms with E-state index in [4.69, 9.17) is 21.1 Å². The summed E-state index contributed by atoms with van der Waals surface area (Å²) < 4.78 is 11.0. The Hall–Kier alpha value is -0.250. The number of alkyl halides is 1. The molecule has 1 aromatic carbocycles. The molecule has 0 aliphatic rings. The van der Waals surface area contributed by atoms with Crippen molar-refractivity contribution in [2.75, 3.05) is 19.8 Å². The van der Waals surface area contributed by atoms with Crippen molar-refractivity contribution >= 4 is 27.5 Å². The second-order valence-electron chi connectivity index (χ2n) is 3.32. The van der Waals surface area contributed by atoms with E-state index in [0.29, 0.717) is 18.2 Å². The van der Waals surface area contributed by atoms with Gasteiger partial charge in [-0.05, 0) is 12.5 Å². The average Bonchev–Trinajstić information content (AvgIpc) is 2.30. The number of para-hydroxylation sites is 1. The molecule has 0 aliphatic carbocycles. The predicted octanol–water partition coefficient (Wildman–Crippen LogP) is 4.04. The summed E-state index contributed by atoms with van der Waals surface area (Å²) in [6, 6.07) is 5.73. The number of halogens is 2. The number of benzene rings is 1. The minimum absolute atomic E-state index is 0.531. The van der Waals surface area contributed by atoms with Gasteiger partial charge in [0.25, 0.3) is 0 Å². The summed E-state index contributed by atoms with van der Waals surface area (Å²) in [7, 11) is 0. The first-order valence-electron chi connectivity index (χ1n) is 5.33. The minimum Gasteiger partial charge on any atom is -0.489 e. The van der Waals surface area contributed by atoms with Crippen molar-refractivity contribution < 1.29 is 9.47 Å². The van der Waals surface area contributed by atoms with Crippen LogP contribution in [0.5, 0.6) is 5.75 Å². The van der Waals surface area contributed by atoms with Crippen molar-refractivity contribution in [2.24, 2.45) is 0 Å². The Kier molecular flexibility index (Phi) is 6.85. The van der Waals surface area contributed by atoms with Gasteiger partial charge in [0.1, 0.15) is 12.4 Å². The van der Waals surface area contributed by atoms with Gasteiger partial charge in [-0.15, -0.1) is 0 Å². The second-order valence-corrected chi connectivity index (χ2v) is 4.29. The lowest BCUT2D eigenvalue weighted by molar-refractivity contribution is 0.100. The number of rotatable bonds is 7. The van der Waals surface area contributed by atoms with Crippen LogP contribution in [0.2, 0.25) is 5.02 Å². The van der Waals surface area contributed by atoms with Crippen LogP contribution in [0.4, 0.5) is 0 Å². The van der Waals surface area contributed by atoms with E-state index in [-0.39, 0.29) is 0 Å². The Morgan fingerprint density at radius 1 is 1.25 bits per heavy atom. The third kappa shape index (κ3) is 4.32. The molecule has 0 aromatic heterocycles. The summed E-state index contributed by atoms with van der Waals surface area (Å²) >= 11 is 9.47. The van der Waals surface area contributed by atoms with Gasteiger partial charge in [0.05, 0.1) is 11.6 Å². The molecule has 0 unspecified atom stereocenters. The van der Waals surface area contributed by atoms with Crippen molar-refractivity contribution in [3.63, 3.8) is 0 Å². The van der Waals surface area contributed by atoms with E-state index in [2.05, 4.69) is 22.9 Å². The molecule has 2 nitrogen and oxygen atoms in total. The molecule has 16 heavy (non-hydrogen) atoms. The summed E-state index contributed by atoms with van der Waals surface area (Å²) in [5.41, 5.74) is 1.06. The zero-order chi connectivity index (χ0) is 11.8. The lowest BCUT2D eigenvalue weighted by Gasteiger charge is -2.11. The molecule has 0 aliphatic heterocycles. The topological polar surface area (TPSA) is 18.5 Å². The van der Waals surface area contributed by atoms with Crippen molar-refractivity contribution in [3.05, 3.63) is 28.8 Å². The van der Waals surface area contributed by atoms with Crippen LogP contribution in [0.3, 0.4) is 0 Å². The highest BCUT2D eigenvalue weighted by atomic mass is 79.9. The zero-order valence-corrected chi connectivity index (χ0v) is 11.7. The van der Waals surface area contributed by atoms with E-state index < -0.39 is 0 Å². The van der Waals surface area contributed by atoms with Crippen molar-refractivity contribution in [3.8, 4) is 5.75 Å². The summed E-state index contributed by atoms with van der Waals surface area (Å²) in [5, 5.41) is 1.38. The van der Waals surface area contributed by atoms with Gasteiger partial charge >= 0.3 is 0 Å². The molecular weight excluding hydrogens is 291 g/mol. The van der Waals surface area contributed by atoms with E-state index in [9.17, 15) is 0 Å². The van der Waals surface area contributed by atoms with Crippen LogP contribution in [0.1, 0.15) is 18.9 Å². The van der Waals surface area contributed by atoms with Crippen molar-refractivity contribution in [1.29, 1.82) is 0 Å². The molecule has 0 radical (unpaired) electrons. The van der Waals surface area contributed by atoms with Gasteiger partial charge in [0, 0.05) is 17.5 Å². The van der Waals surface area contributed by atoms with Gasteiger partial charge < -0.3 is 9.47 Å². The Morgan fingerprint density at radius 3 is 2.75 bits per heavy atom. The van der Waals surface area contributed by atoms with E-state index in [0.717, 1.165) is 29.7 Å². The lowest BCUT2D eigenvalue weighted by Crippen LogP contribution is -2.08. The molecular formula is C12H16BrClO2. The normalized spacial score (nSPS) is 10.4. The van der Waals surface area contributed by atoms with Crippen LogP contribution in [0, 0.1) is 0 Å². The fourth-order valence-electron chi connectivity index (χ4n) is 1.27. The Labute approximate surface area is 110 Å². The van der Waals surface area contributed by atoms with Gasteiger partial charge in [-0.3, -0.25) is 0 Å². The Balaban J connectivity index is 2.46. The molecule has 0 heterocycles. The molecule has 1 aromatic rings. The Morgan fingerprint density at radius 2 is 2.06 bits per heavy atom. The largest absolute Gasteiger partial charge is 0.489 e. The van der Waals surface area contributed by atoms with Crippen LogP contribution >= 0.6 is 27.5 Å². The lowest BCUT2D eigenvalue weighted by atomic mass is 10.2. The Bertz CT molecular complexity index is 318. The van der Waals surface area contributed by atoms with Gasteiger partial charge in [0.15, 0.2) is 0 Å². The maximum absolute atomic E-state index is 6.06. The van der Waals surface area contributed by atoms with E-state index in [1.807, 2.05) is 18.2 Å². The zero-order valence-electron chi connectivity index (χ0n) is 9.34. The maximum Gasteiger partial charge on any atom is 0.142 e. The van der Waals surface area contributed by atoms with Gasteiger partial charge in [-0.1, -0.05) is 46.6 Å². The predicted molar refractivity (Wildman–Crippen MR) is 70.7 cm³/mol. The fraction of sp³-hybridized carbons (Fsp3) is 0.500. The molecule has 0 fully saturated rings. The molecule has 90 valence electrons. The van der Waals surface area contributed by atoms with Gasteiger partial charge in [0.2, 0.25) is 0 Å². The summed E-state index contributed by atoms with van der Waals surface area (Å²) in [6.45, 7) is 3.99. The third-order valence-corrected chi connectivity index (χ3v) is 2.92. The third-order valence-electron chi connectivity index (χ3n) is 2.02. The summed E-state index contributed by atoms with van der Waals surface area (Å²) in [4.78, 5) is 0. The number of ether oxygens (including phenoxy) is 2. The highest BCUT2D eigenvalue weighted by Crippen LogP contribution is 2.29. The first-order chi connectivity index (χ1) is 7.79. The molecule has 0 spiro atoms. The first-order valence-corrected chi connectivity index (χ1v) is 6.83. The molecule has 0 amide bonds. The molecule has 0 saturated carbocycles.